The number of nitrogens with zero attached hydrogens (tertiary/aromatic N) is 1. The van der Waals surface area contributed by atoms with Crippen LogP contribution in [0.25, 0.3) is 6.08 Å². The number of carbonyl (C=O) groups excluding carboxylic acids is 3. The highest BCUT2D eigenvalue weighted by Crippen LogP contribution is 2.28. The Hall–Kier alpha value is -3.86. The molecule has 1 aliphatic heterocycles. The number of hydrogen-bond acceptors (Lipinski definition) is 3. The number of ketones is 1. The Balaban J connectivity index is 1.53. The average molecular weight is 371 g/mol. The van der Waals surface area contributed by atoms with Crippen molar-refractivity contribution in [2.45, 2.75) is 0 Å². The van der Waals surface area contributed by atoms with E-state index in [9.17, 15) is 18.8 Å². The Bertz CT molecular complexity index is 1080. The molecule has 0 saturated heterocycles. The van der Waals surface area contributed by atoms with E-state index in [1.807, 2.05) is 0 Å². The predicted molar refractivity (Wildman–Crippen MR) is 104 cm³/mol. The van der Waals surface area contributed by atoms with Gasteiger partial charge in [0.1, 0.15) is 5.82 Å². The zero-order valence-corrected chi connectivity index (χ0v) is 14.6. The minimum atomic E-state index is -0.379. The number of allylic oxidation sites excluding steroid dienone is 1. The highest BCUT2D eigenvalue weighted by Gasteiger charge is 2.36. The van der Waals surface area contributed by atoms with Gasteiger partial charge in [0, 0.05) is 5.56 Å². The van der Waals surface area contributed by atoms with Gasteiger partial charge in [-0.2, -0.15) is 0 Å². The van der Waals surface area contributed by atoms with Gasteiger partial charge in [-0.05, 0) is 60.2 Å². The highest BCUT2D eigenvalue weighted by atomic mass is 19.1. The summed E-state index contributed by atoms with van der Waals surface area (Å²) in [7, 11) is 0. The molecule has 4 rings (SSSR count). The lowest BCUT2D eigenvalue weighted by atomic mass is 10.1. The molecule has 0 aromatic heterocycles. The maximum atomic E-state index is 12.9. The fourth-order valence-electron chi connectivity index (χ4n) is 3.04. The quantitative estimate of drug-likeness (QED) is 0.385. The van der Waals surface area contributed by atoms with Gasteiger partial charge in [0.05, 0.1) is 16.8 Å². The predicted octanol–water partition coefficient (Wildman–Crippen LogP) is 4.52. The molecule has 0 bridgehead atoms. The molecule has 28 heavy (non-hydrogen) atoms. The van der Waals surface area contributed by atoms with Crippen molar-refractivity contribution in [1.29, 1.82) is 0 Å². The summed E-state index contributed by atoms with van der Waals surface area (Å²) in [6.45, 7) is 0. The number of anilines is 1. The first-order chi connectivity index (χ1) is 13.5. The van der Waals surface area contributed by atoms with Crippen molar-refractivity contribution in [3.63, 3.8) is 0 Å². The van der Waals surface area contributed by atoms with Crippen LogP contribution in [-0.2, 0) is 0 Å². The molecule has 0 unspecified atom stereocenters. The first-order valence-corrected chi connectivity index (χ1v) is 8.60. The summed E-state index contributed by atoms with van der Waals surface area (Å²) in [6.07, 6.45) is 2.99. The molecule has 0 radical (unpaired) electrons. The van der Waals surface area contributed by atoms with Crippen LogP contribution in [0.2, 0.25) is 0 Å². The lowest BCUT2D eigenvalue weighted by Crippen LogP contribution is -2.29. The van der Waals surface area contributed by atoms with Crippen molar-refractivity contribution in [3.05, 3.63) is 107 Å². The third kappa shape index (κ3) is 3.14. The van der Waals surface area contributed by atoms with Gasteiger partial charge in [0.25, 0.3) is 11.8 Å². The smallest absolute Gasteiger partial charge is 0.266 e. The third-order valence-electron chi connectivity index (χ3n) is 4.50. The fourth-order valence-corrected chi connectivity index (χ4v) is 3.04. The van der Waals surface area contributed by atoms with E-state index in [0.29, 0.717) is 27.9 Å². The van der Waals surface area contributed by atoms with Gasteiger partial charge in [-0.1, -0.05) is 30.3 Å². The Kier molecular flexibility index (Phi) is 4.41. The maximum Gasteiger partial charge on any atom is 0.266 e. The van der Waals surface area contributed by atoms with Gasteiger partial charge in [0.15, 0.2) is 5.78 Å². The number of imide groups is 1. The van der Waals surface area contributed by atoms with Crippen LogP contribution >= 0.6 is 0 Å². The second-order valence-electron chi connectivity index (χ2n) is 6.29. The largest absolute Gasteiger partial charge is 0.289 e. The van der Waals surface area contributed by atoms with Crippen molar-refractivity contribution in [3.8, 4) is 0 Å². The summed E-state index contributed by atoms with van der Waals surface area (Å²) in [6, 6.07) is 18.7. The lowest BCUT2D eigenvalue weighted by Gasteiger charge is -2.14. The number of rotatable bonds is 4. The number of benzene rings is 3. The number of carbonyl (C=O) groups is 3. The third-order valence-corrected chi connectivity index (χ3v) is 4.50. The second kappa shape index (κ2) is 7.04. The molecule has 1 aliphatic rings. The maximum absolute atomic E-state index is 12.9. The monoisotopic (exact) mass is 371 g/mol. The normalized spacial score (nSPS) is 13.2. The molecule has 3 aromatic rings. The molecule has 5 heteroatoms. The molecular weight excluding hydrogens is 357 g/mol. The number of fused-ring (bicyclic) bond motifs is 1. The van der Waals surface area contributed by atoms with Gasteiger partial charge < -0.3 is 0 Å². The molecule has 0 atom stereocenters. The molecular formula is C23H14FNO3. The minimum absolute atomic E-state index is 0.238. The van der Waals surface area contributed by atoms with Crippen molar-refractivity contribution in [1.82, 2.24) is 0 Å². The highest BCUT2D eigenvalue weighted by molar-refractivity contribution is 6.34. The molecule has 0 N–H and O–H groups in total. The van der Waals surface area contributed by atoms with Crippen LogP contribution in [-0.4, -0.2) is 17.6 Å². The lowest BCUT2D eigenvalue weighted by molar-refractivity contribution is 0.0925. The van der Waals surface area contributed by atoms with Crippen LogP contribution in [0.15, 0.2) is 78.9 Å². The van der Waals surface area contributed by atoms with Crippen LogP contribution in [0.3, 0.4) is 0 Å². The summed E-state index contributed by atoms with van der Waals surface area (Å²) in [5.74, 6) is -1.34. The molecule has 2 amide bonds. The standard InChI is InChI=1S/C23H14FNO3/c24-17-10-5-15(6-11-17)7-14-21(26)16-8-12-18(13-9-16)25-22(27)19-3-1-2-4-20(19)23(25)28/h1-14H. The van der Waals surface area contributed by atoms with Crippen molar-refractivity contribution < 1.29 is 18.8 Å². The second-order valence-corrected chi connectivity index (χ2v) is 6.29. The molecule has 0 fully saturated rings. The summed E-state index contributed by atoms with van der Waals surface area (Å²) < 4.78 is 12.9. The number of halogens is 1. The van der Waals surface area contributed by atoms with Crippen LogP contribution in [0.4, 0.5) is 10.1 Å². The molecule has 136 valence electrons. The van der Waals surface area contributed by atoms with E-state index < -0.39 is 0 Å². The molecule has 0 saturated carbocycles. The van der Waals surface area contributed by atoms with E-state index in [4.69, 9.17) is 0 Å². The van der Waals surface area contributed by atoms with Gasteiger partial charge in [-0.25, -0.2) is 9.29 Å². The Morgan fingerprint density at radius 1 is 0.786 bits per heavy atom. The SMILES string of the molecule is O=C(C=Cc1ccc(F)cc1)c1ccc(N2C(=O)c3ccccc3C2=O)cc1. The van der Waals surface area contributed by atoms with E-state index in [1.54, 1.807) is 66.7 Å². The van der Waals surface area contributed by atoms with Gasteiger partial charge in [0.2, 0.25) is 0 Å². The van der Waals surface area contributed by atoms with E-state index in [0.717, 1.165) is 4.90 Å². The zero-order valence-electron chi connectivity index (χ0n) is 14.6. The van der Waals surface area contributed by atoms with Crippen molar-refractivity contribution >= 4 is 29.4 Å². The van der Waals surface area contributed by atoms with Crippen LogP contribution in [0, 0.1) is 5.82 Å². The summed E-state index contributed by atoms with van der Waals surface area (Å²) in [4.78, 5) is 38.4. The first kappa shape index (κ1) is 17.5. The van der Waals surface area contributed by atoms with Gasteiger partial charge in [-0.15, -0.1) is 0 Å². The fraction of sp³-hybridized carbons (Fsp3) is 0. The Morgan fingerprint density at radius 2 is 1.36 bits per heavy atom. The van der Waals surface area contributed by atoms with Gasteiger partial charge >= 0.3 is 0 Å². The minimum Gasteiger partial charge on any atom is -0.289 e. The summed E-state index contributed by atoms with van der Waals surface area (Å²) >= 11 is 0. The van der Waals surface area contributed by atoms with E-state index in [-0.39, 0.29) is 23.4 Å². The average Bonchev–Trinajstić information content (AvgIpc) is 2.98. The first-order valence-electron chi connectivity index (χ1n) is 8.60. The van der Waals surface area contributed by atoms with E-state index in [1.165, 1.54) is 18.2 Å². The topological polar surface area (TPSA) is 54.5 Å². The van der Waals surface area contributed by atoms with Crippen LogP contribution in [0.5, 0.6) is 0 Å². The van der Waals surface area contributed by atoms with Crippen LogP contribution < -0.4 is 4.90 Å². The molecule has 0 spiro atoms. The summed E-state index contributed by atoms with van der Waals surface area (Å²) in [5, 5.41) is 0. The number of hydrogen-bond donors (Lipinski definition) is 0. The van der Waals surface area contributed by atoms with Crippen molar-refractivity contribution in [2.24, 2.45) is 0 Å². The van der Waals surface area contributed by atoms with Crippen molar-refractivity contribution in [2.75, 3.05) is 4.90 Å². The summed E-state index contributed by atoms with van der Waals surface area (Å²) in [5.41, 5.74) is 2.27. The van der Waals surface area contributed by atoms with E-state index >= 15 is 0 Å². The van der Waals surface area contributed by atoms with Crippen LogP contribution in [0.1, 0.15) is 36.6 Å². The van der Waals surface area contributed by atoms with Gasteiger partial charge in [-0.3, -0.25) is 14.4 Å². The molecule has 0 aliphatic carbocycles. The molecule has 1 heterocycles. The Labute approximate surface area is 160 Å². The number of amides is 2. The van der Waals surface area contributed by atoms with E-state index in [2.05, 4.69) is 0 Å². The Morgan fingerprint density at radius 3 is 1.93 bits per heavy atom. The molecule has 3 aromatic carbocycles. The molecule has 4 nitrogen and oxygen atoms in total. The zero-order chi connectivity index (χ0) is 19.7.